The third-order valence-corrected chi connectivity index (χ3v) is 4.48. The van der Waals surface area contributed by atoms with Crippen molar-refractivity contribution in [3.05, 3.63) is 54.1 Å². The number of carbonyl (C=O) groups is 1. The van der Waals surface area contributed by atoms with Crippen LogP contribution in [0, 0.1) is 5.82 Å². The summed E-state index contributed by atoms with van der Waals surface area (Å²) in [7, 11) is 0. The standard InChI is InChI=1S/C19H18FN5O2/c1-12-4-3-9-27-16-8-7-13(20)10-14(16)19(26)23-17-6-2-5-15(22-17)18-24-21-11-25(12)18/h2,5-8,10-12H,3-4,9H2,1H3,(H,22,23,26)/t12-/m1/s1. The number of hydrogen-bond donors (Lipinski definition) is 1. The van der Waals surface area contributed by atoms with Gasteiger partial charge in [-0.05, 0) is 50.1 Å². The summed E-state index contributed by atoms with van der Waals surface area (Å²) in [6, 6.07) is 9.31. The van der Waals surface area contributed by atoms with Crippen molar-refractivity contribution >= 4 is 11.7 Å². The van der Waals surface area contributed by atoms with Gasteiger partial charge in [-0.25, -0.2) is 9.37 Å². The monoisotopic (exact) mass is 367 g/mol. The highest BCUT2D eigenvalue weighted by molar-refractivity contribution is 6.05. The molecule has 0 radical (unpaired) electrons. The summed E-state index contributed by atoms with van der Waals surface area (Å²) >= 11 is 0. The fourth-order valence-electron chi connectivity index (χ4n) is 3.07. The van der Waals surface area contributed by atoms with Crippen LogP contribution in [0.4, 0.5) is 10.2 Å². The number of benzene rings is 1. The molecule has 27 heavy (non-hydrogen) atoms. The zero-order valence-corrected chi connectivity index (χ0v) is 14.7. The van der Waals surface area contributed by atoms with E-state index in [2.05, 4.69) is 27.4 Å². The second kappa shape index (κ2) is 7.14. The summed E-state index contributed by atoms with van der Waals surface area (Å²) in [4.78, 5) is 17.1. The maximum atomic E-state index is 13.7. The van der Waals surface area contributed by atoms with Crippen molar-refractivity contribution in [2.75, 3.05) is 11.9 Å². The number of nitrogens with one attached hydrogen (secondary N) is 1. The summed E-state index contributed by atoms with van der Waals surface area (Å²) in [6.45, 7) is 2.49. The second-order valence-electron chi connectivity index (χ2n) is 6.40. The number of nitrogens with zero attached hydrogens (tertiary/aromatic N) is 4. The summed E-state index contributed by atoms with van der Waals surface area (Å²) in [6.07, 6.45) is 3.26. The first-order chi connectivity index (χ1) is 13.1. The first-order valence-electron chi connectivity index (χ1n) is 8.72. The highest BCUT2D eigenvalue weighted by atomic mass is 19.1. The van der Waals surface area contributed by atoms with E-state index < -0.39 is 11.7 Å². The molecule has 1 atom stereocenters. The van der Waals surface area contributed by atoms with Gasteiger partial charge in [0.25, 0.3) is 5.91 Å². The summed E-state index contributed by atoms with van der Waals surface area (Å²) < 4.78 is 21.4. The van der Waals surface area contributed by atoms with Crippen molar-refractivity contribution in [2.24, 2.45) is 0 Å². The molecule has 4 rings (SSSR count). The van der Waals surface area contributed by atoms with Crippen molar-refractivity contribution < 1.29 is 13.9 Å². The molecule has 0 spiro atoms. The van der Waals surface area contributed by atoms with E-state index in [4.69, 9.17) is 4.74 Å². The molecule has 2 bridgehead atoms. The molecule has 0 saturated heterocycles. The first-order valence-corrected chi connectivity index (χ1v) is 8.72. The van der Waals surface area contributed by atoms with Crippen molar-refractivity contribution in [1.82, 2.24) is 19.7 Å². The Morgan fingerprint density at radius 1 is 1.30 bits per heavy atom. The Hall–Kier alpha value is -3.29. The Morgan fingerprint density at radius 2 is 2.19 bits per heavy atom. The number of rotatable bonds is 0. The number of halogens is 1. The average Bonchev–Trinajstić information content (AvgIpc) is 3.15. The molecule has 3 aromatic rings. The third kappa shape index (κ3) is 3.51. The van der Waals surface area contributed by atoms with Gasteiger partial charge >= 0.3 is 0 Å². The molecule has 0 saturated carbocycles. The van der Waals surface area contributed by atoms with Gasteiger partial charge < -0.3 is 14.6 Å². The molecule has 2 aromatic heterocycles. The van der Waals surface area contributed by atoms with Gasteiger partial charge in [-0.1, -0.05) is 6.07 Å². The number of amides is 1. The molecule has 1 amide bonds. The van der Waals surface area contributed by atoms with Crippen LogP contribution in [0.3, 0.4) is 0 Å². The number of carbonyl (C=O) groups excluding carboxylic acids is 1. The minimum Gasteiger partial charge on any atom is -0.493 e. The van der Waals surface area contributed by atoms with E-state index in [1.54, 1.807) is 18.5 Å². The van der Waals surface area contributed by atoms with Gasteiger partial charge in [0.05, 0.1) is 12.2 Å². The van der Waals surface area contributed by atoms with Gasteiger partial charge in [0.1, 0.15) is 29.4 Å². The van der Waals surface area contributed by atoms with Crippen molar-refractivity contribution in [1.29, 1.82) is 0 Å². The third-order valence-electron chi connectivity index (χ3n) is 4.48. The molecular weight excluding hydrogens is 349 g/mol. The molecule has 0 fully saturated rings. The average molecular weight is 367 g/mol. The minimum absolute atomic E-state index is 0.135. The van der Waals surface area contributed by atoms with Gasteiger partial charge in [-0.3, -0.25) is 4.79 Å². The maximum absolute atomic E-state index is 13.7. The van der Waals surface area contributed by atoms with Crippen LogP contribution in [0.2, 0.25) is 0 Å². The van der Waals surface area contributed by atoms with Crippen LogP contribution in [-0.2, 0) is 0 Å². The van der Waals surface area contributed by atoms with E-state index in [0.717, 1.165) is 12.8 Å². The fraction of sp³-hybridized carbons (Fsp3) is 0.263. The molecule has 1 N–H and O–H groups in total. The lowest BCUT2D eigenvalue weighted by molar-refractivity contribution is 0.102. The van der Waals surface area contributed by atoms with Crippen LogP contribution in [0.1, 0.15) is 36.2 Å². The highest BCUT2D eigenvalue weighted by Gasteiger charge is 2.18. The van der Waals surface area contributed by atoms with Crippen LogP contribution in [0.5, 0.6) is 5.75 Å². The van der Waals surface area contributed by atoms with Crippen LogP contribution in [0.25, 0.3) is 11.5 Å². The molecule has 0 aliphatic carbocycles. The zero-order valence-electron chi connectivity index (χ0n) is 14.7. The number of ether oxygens (including phenoxy) is 1. The Labute approximate surface area is 155 Å². The lowest BCUT2D eigenvalue weighted by atomic mass is 10.1. The molecule has 1 aliphatic heterocycles. The van der Waals surface area contributed by atoms with Crippen molar-refractivity contribution in [3.63, 3.8) is 0 Å². The fourth-order valence-corrected chi connectivity index (χ4v) is 3.07. The Morgan fingerprint density at radius 3 is 3.07 bits per heavy atom. The van der Waals surface area contributed by atoms with E-state index in [1.807, 2.05) is 10.6 Å². The Bertz CT molecular complexity index is 988. The van der Waals surface area contributed by atoms with E-state index in [0.29, 0.717) is 29.7 Å². The van der Waals surface area contributed by atoms with Crippen LogP contribution in [0.15, 0.2) is 42.7 Å². The van der Waals surface area contributed by atoms with E-state index in [-0.39, 0.29) is 11.6 Å². The van der Waals surface area contributed by atoms with Crippen LogP contribution < -0.4 is 10.1 Å². The first kappa shape index (κ1) is 17.1. The van der Waals surface area contributed by atoms with Crippen molar-refractivity contribution in [2.45, 2.75) is 25.8 Å². The summed E-state index contributed by atoms with van der Waals surface area (Å²) in [5.41, 5.74) is 0.736. The van der Waals surface area contributed by atoms with E-state index in [1.165, 1.54) is 18.2 Å². The van der Waals surface area contributed by atoms with Gasteiger partial charge in [-0.15, -0.1) is 10.2 Å². The molecule has 3 heterocycles. The Kier molecular flexibility index (Phi) is 4.53. The SMILES string of the molecule is C[C@@H]1CCCOc2ccc(F)cc2C(=O)Nc2cccc(n2)-c2nncn21. The maximum Gasteiger partial charge on any atom is 0.260 e. The molecule has 7 nitrogen and oxygen atoms in total. The lowest BCUT2D eigenvalue weighted by Crippen LogP contribution is -2.16. The topological polar surface area (TPSA) is 81.9 Å². The molecule has 1 aromatic carbocycles. The normalized spacial score (nSPS) is 17.1. The zero-order chi connectivity index (χ0) is 18.8. The predicted molar refractivity (Wildman–Crippen MR) is 97.0 cm³/mol. The van der Waals surface area contributed by atoms with Gasteiger partial charge in [-0.2, -0.15) is 0 Å². The van der Waals surface area contributed by atoms with Gasteiger partial charge in [0.2, 0.25) is 0 Å². The van der Waals surface area contributed by atoms with E-state index >= 15 is 0 Å². The lowest BCUT2D eigenvalue weighted by Gasteiger charge is -2.17. The molecular formula is C19H18FN5O2. The number of aromatic nitrogens is 4. The molecule has 1 aliphatic rings. The second-order valence-corrected chi connectivity index (χ2v) is 6.40. The minimum atomic E-state index is -0.503. The highest BCUT2D eigenvalue weighted by Crippen LogP contribution is 2.25. The van der Waals surface area contributed by atoms with E-state index in [9.17, 15) is 9.18 Å². The molecule has 138 valence electrons. The summed E-state index contributed by atoms with van der Waals surface area (Å²) in [5, 5.41) is 10.9. The Balaban J connectivity index is 1.77. The number of pyridine rings is 1. The molecule has 8 heteroatoms. The smallest absolute Gasteiger partial charge is 0.260 e. The predicted octanol–water partition coefficient (Wildman–Crippen LogP) is 3.47. The number of fused-ring (bicyclic) bond motifs is 5. The van der Waals surface area contributed by atoms with Gasteiger partial charge in [0, 0.05) is 6.04 Å². The van der Waals surface area contributed by atoms with Crippen LogP contribution in [-0.4, -0.2) is 32.3 Å². The summed E-state index contributed by atoms with van der Waals surface area (Å²) in [5.74, 6) is 0.327. The molecule has 0 unspecified atom stereocenters. The largest absolute Gasteiger partial charge is 0.493 e. The quantitative estimate of drug-likeness (QED) is 0.658. The van der Waals surface area contributed by atoms with Crippen LogP contribution >= 0.6 is 0 Å². The number of hydrogen-bond acceptors (Lipinski definition) is 5. The van der Waals surface area contributed by atoms with Gasteiger partial charge in [0.15, 0.2) is 5.82 Å². The van der Waals surface area contributed by atoms with Crippen molar-refractivity contribution in [3.8, 4) is 17.3 Å². The number of anilines is 1.